The number of rotatable bonds is 3. The molecule has 2 heterocycles. The molecule has 0 radical (unpaired) electrons. The number of hydrogen-bond acceptors (Lipinski definition) is 5. The van der Waals surface area contributed by atoms with E-state index in [2.05, 4.69) is 9.71 Å². The van der Waals surface area contributed by atoms with Gasteiger partial charge in [0.25, 0.3) is 10.0 Å². The molecule has 1 aliphatic carbocycles. The lowest BCUT2D eigenvalue weighted by Crippen LogP contribution is -2.42. The molecule has 21 heavy (non-hydrogen) atoms. The zero-order chi connectivity index (χ0) is 15.0. The fourth-order valence-electron chi connectivity index (χ4n) is 2.66. The Morgan fingerprint density at radius 1 is 1.38 bits per heavy atom. The summed E-state index contributed by atoms with van der Waals surface area (Å²) in [7, 11) is -3.83. The Labute approximate surface area is 131 Å². The molecule has 0 bridgehead atoms. The monoisotopic (exact) mass is 349 g/mol. The smallest absolute Gasteiger partial charge is 0.260 e. The minimum absolute atomic E-state index is 0.0440. The third-order valence-corrected chi connectivity index (χ3v) is 6.36. The molecule has 1 aliphatic rings. The molecule has 2 N–H and O–H groups in total. The van der Waals surface area contributed by atoms with E-state index in [1.54, 1.807) is 11.6 Å². The first-order valence-electron chi connectivity index (χ1n) is 6.80. The first-order valence-corrected chi connectivity index (χ1v) is 9.54. The van der Waals surface area contributed by atoms with Crippen molar-refractivity contribution in [1.29, 1.82) is 0 Å². The van der Waals surface area contributed by atoms with Crippen LogP contribution in [-0.2, 0) is 10.0 Å². The topological polar surface area (TPSA) is 83.7 Å². The molecule has 3 rings (SSSR count). The fraction of sp³-hybridized carbons (Fsp3) is 0.583. The number of imidazole rings is 1. The van der Waals surface area contributed by atoms with E-state index < -0.39 is 22.2 Å². The number of aromatic nitrogens is 2. The summed E-state index contributed by atoms with van der Waals surface area (Å²) in [5.74, 6) is 0. The van der Waals surface area contributed by atoms with Crippen LogP contribution in [0.15, 0.2) is 16.6 Å². The summed E-state index contributed by atoms with van der Waals surface area (Å²) in [5, 5.41) is 11.7. The number of sulfonamides is 1. The number of aliphatic hydroxyl groups is 1. The van der Waals surface area contributed by atoms with Gasteiger partial charge in [0.15, 0.2) is 15.1 Å². The van der Waals surface area contributed by atoms with Crippen molar-refractivity contribution < 1.29 is 13.5 Å². The van der Waals surface area contributed by atoms with Crippen LogP contribution in [0.2, 0.25) is 5.15 Å². The quantitative estimate of drug-likeness (QED) is 0.830. The van der Waals surface area contributed by atoms with E-state index in [4.69, 9.17) is 11.6 Å². The predicted molar refractivity (Wildman–Crippen MR) is 81.3 cm³/mol. The third-order valence-electron chi connectivity index (χ3n) is 3.72. The van der Waals surface area contributed by atoms with Crippen molar-refractivity contribution in [3.05, 3.63) is 16.7 Å². The third kappa shape index (κ3) is 2.95. The molecule has 2 aromatic heterocycles. The second-order valence-electron chi connectivity index (χ2n) is 5.20. The van der Waals surface area contributed by atoms with Gasteiger partial charge in [-0.3, -0.25) is 4.40 Å². The van der Waals surface area contributed by atoms with Gasteiger partial charge >= 0.3 is 0 Å². The van der Waals surface area contributed by atoms with E-state index in [1.165, 1.54) is 15.7 Å². The molecule has 0 saturated heterocycles. The Hall–Kier alpha value is -0.670. The van der Waals surface area contributed by atoms with Crippen LogP contribution in [0.25, 0.3) is 4.96 Å². The lowest BCUT2D eigenvalue weighted by Gasteiger charge is -2.21. The van der Waals surface area contributed by atoms with Crippen LogP contribution in [0, 0.1) is 0 Å². The molecule has 0 aromatic carbocycles. The van der Waals surface area contributed by atoms with E-state index in [0.717, 1.165) is 19.3 Å². The normalized spacial score (nSPS) is 24.3. The molecule has 0 aliphatic heterocycles. The van der Waals surface area contributed by atoms with Gasteiger partial charge in [0.05, 0.1) is 6.10 Å². The number of halogens is 1. The summed E-state index contributed by atoms with van der Waals surface area (Å²) in [6.07, 6.45) is 5.03. The van der Waals surface area contributed by atoms with Gasteiger partial charge in [-0.25, -0.2) is 18.1 Å². The molecule has 0 amide bonds. The second kappa shape index (κ2) is 5.85. The van der Waals surface area contributed by atoms with Crippen molar-refractivity contribution in [3.8, 4) is 0 Å². The lowest BCUT2D eigenvalue weighted by molar-refractivity contribution is 0.130. The van der Waals surface area contributed by atoms with Crippen molar-refractivity contribution >= 4 is 37.9 Å². The van der Waals surface area contributed by atoms with Gasteiger partial charge in [0, 0.05) is 17.6 Å². The van der Waals surface area contributed by atoms with Crippen LogP contribution in [0.4, 0.5) is 0 Å². The molecule has 9 heteroatoms. The molecular formula is C12H16ClN3O3S2. The van der Waals surface area contributed by atoms with E-state index in [9.17, 15) is 13.5 Å². The number of aliphatic hydroxyl groups excluding tert-OH is 1. The van der Waals surface area contributed by atoms with E-state index in [1.807, 2.05) is 0 Å². The number of thiazole rings is 1. The summed E-state index contributed by atoms with van der Waals surface area (Å²) in [6.45, 7) is 0. The lowest BCUT2D eigenvalue weighted by atomic mass is 10.1. The molecule has 2 unspecified atom stereocenters. The maximum atomic E-state index is 12.6. The van der Waals surface area contributed by atoms with Gasteiger partial charge in [0.1, 0.15) is 0 Å². The summed E-state index contributed by atoms with van der Waals surface area (Å²) in [4.78, 5) is 4.56. The van der Waals surface area contributed by atoms with Crippen LogP contribution in [-0.4, -0.2) is 35.1 Å². The Balaban J connectivity index is 1.93. The highest BCUT2D eigenvalue weighted by Crippen LogP contribution is 2.27. The molecule has 2 aromatic rings. The average Bonchev–Trinajstić information content (AvgIpc) is 2.89. The highest BCUT2D eigenvalue weighted by Gasteiger charge is 2.31. The molecule has 6 nitrogen and oxygen atoms in total. The number of fused-ring (bicyclic) bond motifs is 1. The van der Waals surface area contributed by atoms with E-state index >= 15 is 0 Å². The Bertz CT molecular complexity index is 740. The largest absolute Gasteiger partial charge is 0.391 e. The standard InChI is InChI=1S/C12H16ClN3O3S2/c13-10-11(16-6-7-20-12(16)14-10)21(18,19)15-8-4-2-1-3-5-9(8)17/h6-9,15,17H,1-5H2. The van der Waals surface area contributed by atoms with Crippen molar-refractivity contribution in [2.45, 2.75) is 49.3 Å². The molecule has 0 spiro atoms. The Morgan fingerprint density at radius 2 is 2.14 bits per heavy atom. The van der Waals surface area contributed by atoms with Gasteiger partial charge < -0.3 is 5.11 Å². The fourth-order valence-corrected chi connectivity index (χ4v) is 5.42. The van der Waals surface area contributed by atoms with Crippen LogP contribution < -0.4 is 4.72 Å². The van der Waals surface area contributed by atoms with Crippen molar-refractivity contribution in [1.82, 2.24) is 14.1 Å². The van der Waals surface area contributed by atoms with Crippen molar-refractivity contribution in [3.63, 3.8) is 0 Å². The SMILES string of the molecule is O=S(=O)(NC1CCCCCC1O)c1c(Cl)nc2sccn12. The van der Waals surface area contributed by atoms with Gasteiger partial charge in [-0.15, -0.1) is 11.3 Å². The first kappa shape index (κ1) is 15.2. The van der Waals surface area contributed by atoms with E-state index in [0.29, 0.717) is 17.8 Å². The van der Waals surface area contributed by atoms with Crippen molar-refractivity contribution in [2.24, 2.45) is 0 Å². The van der Waals surface area contributed by atoms with Gasteiger partial charge in [-0.05, 0) is 12.8 Å². The number of nitrogens with one attached hydrogen (secondary N) is 1. The summed E-state index contributed by atoms with van der Waals surface area (Å²) in [6, 6.07) is -0.474. The summed E-state index contributed by atoms with van der Waals surface area (Å²) in [5.41, 5.74) is 0. The highest BCUT2D eigenvalue weighted by atomic mass is 35.5. The highest BCUT2D eigenvalue weighted by molar-refractivity contribution is 7.89. The average molecular weight is 350 g/mol. The van der Waals surface area contributed by atoms with Gasteiger partial charge in [-0.2, -0.15) is 0 Å². The second-order valence-corrected chi connectivity index (χ2v) is 8.06. The molecule has 1 saturated carbocycles. The summed E-state index contributed by atoms with van der Waals surface area (Å²) >= 11 is 7.29. The summed E-state index contributed by atoms with van der Waals surface area (Å²) < 4.78 is 29.2. The Kier molecular flexibility index (Phi) is 4.24. The van der Waals surface area contributed by atoms with Crippen LogP contribution in [0.1, 0.15) is 32.1 Å². The molecule has 116 valence electrons. The maximum Gasteiger partial charge on any atom is 0.260 e. The molecule has 1 fully saturated rings. The molecular weight excluding hydrogens is 334 g/mol. The number of nitrogens with zero attached hydrogens (tertiary/aromatic N) is 2. The first-order chi connectivity index (χ1) is 9.99. The minimum atomic E-state index is -3.83. The molecule has 2 atom stereocenters. The van der Waals surface area contributed by atoms with E-state index in [-0.39, 0.29) is 10.2 Å². The van der Waals surface area contributed by atoms with Gasteiger partial charge in [-0.1, -0.05) is 30.9 Å². The van der Waals surface area contributed by atoms with Crippen LogP contribution in [0.3, 0.4) is 0 Å². The van der Waals surface area contributed by atoms with Crippen LogP contribution in [0.5, 0.6) is 0 Å². The number of hydrogen-bond donors (Lipinski definition) is 2. The minimum Gasteiger partial charge on any atom is -0.391 e. The van der Waals surface area contributed by atoms with Crippen molar-refractivity contribution in [2.75, 3.05) is 0 Å². The van der Waals surface area contributed by atoms with Gasteiger partial charge in [0.2, 0.25) is 0 Å². The predicted octanol–water partition coefficient (Wildman–Crippen LogP) is 2.02. The Morgan fingerprint density at radius 3 is 2.95 bits per heavy atom. The zero-order valence-corrected chi connectivity index (χ0v) is 13.6. The maximum absolute atomic E-state index is 12.6. The zero-order valence-electron chi connectivity index (χ0n) is 11.2. The van der Waals surface area contributed by atoms with Crippen LogP contribution >= 0.6 is 22.9 Å².